The lowest BCUT2D eigenvalue weighted by Crippen LogP contribution is -2.35. The standard InChI is InChI=1S/C21H19ClN2O3S2/c1-11(25)18-3-4-19(29-18)13-5-14-6-16(27-21(14)17(22)7-13)9-23-20(26)8-15-10-28-12(2)24-15/h3-5,7,10,16H,6,8-9H2,1-2H3,(H,23,26)/t16-/m0/s1. The van der Waals surface area contributed by atoms with Crippen molar-refractivity contribution in [3.8, 4) is 16.2 Å². The van der Waals surface area contributed by atoms with Crippen molar-refractivity contribution in [1.29, 1.82) is 0 Å². The van der Waals surface area contributed by atoms with E-state index in [1.54, 1.807) is 6.92 Å². The van der Waals surface area contributed by atoms with Gasteiger partial charge < -0.3 is 10.1 Å². The predicted molar refractivity (Wildman–Crippen MR) is 116 cm³/mol. The number of carbonyl (C=O) groups excluding carboxylic acids is 2. The number of aromatic nitrogens is 1. The molecule has 29 heavy (non-hydrogen) atoms. The van der Waals surface area contributed by atoms with Gasteiger partial charge in [0.2, 0.25) is 5.91 Å². The normalized spacial score (nSPS) is 15.1. The number of carbonyl (C=O) groups is 2. The van der Waals surface area contributed by atoms with E-state index < -0.39 is 0 Å². The summed E-state index contributed by atoms with van der Waals surface area (Å²) in [7, 11) is 0. The second-order valence-electron chi connectivity index (χ2n) is 6.95. The largest absolute Gasteiger partial charge is 0.486 e. The molecule has 1 aromatic carbocycles. The molecule has 4 rings (SSSR count). The zero-order chi connectivity index (χ0) is 20.5. The Kier molecular flexibility index (Phi) is 5.72. The van der Waals surface area contributed by atoms with Crippen LogP contribution in [-0.2, 0) is 17.6 Å². The molecule has 1 amide bonds. The van der Waals surface area contributed by atoms with Gasteiger partial charge >= 0.3 is 0 Å². The van der Waals surface area contributed by atoms with Gasteiger partial charge in [-0.2, -0.15) is 0 Å². The number of nitrogens with one attached hydrogen (secondary N) is 1. The Bertz CT molecular complexity index is 1090. The highest BCUT2D eigenvalue weighted by Gasteiger charge is 2.26. The number of thiophene rings is 1. The number of amides is 1. The maximum atomic E-state index is 12.2. The third-order valence-corrected chi connectivity index (χ3v) is 6.96. The van der Waals surface area contributed by atoms with Crippen LogP contribution >= 0.6 is 34.3 Å². The van der Waals surface area contributed by atoms with Crippen LogP contribution in [0.2, 0.25) is 5.02 Å². The molecule has 0 fully saturated rings. The van der Waals surface area contributed by atoms with E-state index in [0.717, 1.165) is 31.6 Å². The predicted octanol–water partition coefficient (Wildman–Crippen LogP) is 4.70. The van der Waals surface area contributed by atoms with E-state index in [-0.39, 0.29) is 24.2 Å². The number of ketones is 1. The number of nitrogens with zero attached hydrogens (tertiary/aromatic N) is 1. The highest BCUT2D eigenvalue weighted by atomic mass is 35.5. The second-order valence-corrected chi connectivity index (χ2v) is 9.50. The SMILES string of the molecule is CC(=O)c1ccc(-c2cc(Cl)c3c(c2)C[C@@H](CNC(=O)Cc2csc(C)n2)O3)s1. The topological polar surface area (TPSA) is 68.3 Å². The third kappa shape index (κ3) is 4.52. The minimum Gasteiger partial charge on any atom is -0.486 e. The fourth-order valence-electron chi connectivity index (χ4n) is 3.27. The van der Waals surface area contributed by atoms with Crippen molar-refractivity contribution in [1.82, 2.24) is 10.3 Å². The summed E-state index contributed by atoms with van der Waals surface area (Å²) >= 11 is 9.44. The first-order valence-electron chi connectivity index (χ1n) is 9.17. The summed E-state index contributed by atoms with van der Waals surface area (Å²) in [6, 6.07) is 7.69. The lowest BCUT2D eigenvalue weighted by Gasteiger charge is -2.12. The Morgan fingerprint density at radius 2 is 2.17 bits per heavy atom. The van der Waals surface area contributed by atoms with Crippen molar-refractivity contribution in [2.75, 3.05) is 6.54 Å². The first-order chi connectivity index (χ1) is 13.9. The molecule has 3 heterocycles. The molecule has 5 nitrogen and oxygen atoms in total. The molecule has 0 radical (unpaired) electrons. The van der Waals surface area contributed by atoms with Gasteiger partial charge in [0, 0.05) is 22.2 Å². The lowest BCUT2D eigenvalue weighted by molar-refractivity contribution is -0.120. The minimum absolute atomic E-state index is 0.0560. The maximum absolute atomic E-state index is 12.2. The van der Waals surface area contributed by atoms with Crippen molar-refractivity contribution in [2.45, 2.75) is 32.8 Å². The van der Waals surface area contributed by atoms with Crippen LogP contribution in [0.1, 0.15) is 32.9 Å². The summed E-state index contributed by atoms with van der Waals surface area (Å²) in [4.78, 5) is 29.8. The third-order valence-electron chi connectivity index (χ3n) is 4.63. The zero-order valence-electron chi connectivity index (χ0n) is 16.0. The molecule has 3 aromatic rings. The molecule has 0 aliphatic carbocycles. The molecule has 1 aliphatic rings. The van der Waals surface area contributed by atoms with E-state index in [2.05, 4.69) is 16.4 Å². The average Bonchev–Trinajstić information content (AvgIpc) is 3.39. The quantitative estimate of drug-likeness (QED) is 0.557. The molecule has 0 unspecified atom stereocenters. The average molecular weight is 447 g/mol. The van der Waals surface area contributed by atoms with Gasteiger partial charge in [0.15, 0.2) is 5.78 Å². The van der Waals surface area contributed by atoms with E-state index in [1.165, 1.54) is 22.7 Å². The molecule has 0 saturated carbocycles. The van der Waals surface area contributed by atoms with E-state index in [9.17, 15) is 9.59 Å². The number of thiazole rings is 1. The van der Waals surface area contributed by atoms with E-state index in [1.807, 2.05) is 30.5 Å². The van der Waals surface area contributed by atoms with Crippen LogP contribution < -0.4 is 10.1 Å². The smallest absolute Gasteiger partial charge is 0.226 e. The molecular weight excluding hydrogens is 428 g/mol. The van der Waals surface area contributed by atoms with Crippen LogP contribution in [0.5, 0.6) is 5.75 Å². The summed E-state index contributed by atoms with van der Waals surface area (Å²) in [5.74, 6) is 0.658. The molecule has 0 saturated heterocycles. The van der Waals surface area contributed by atoms with Gasteiger partial charge in [-0.15, -0.1) is 22.7 Å². The Hall–Kier alpha value is -2.22. The van der Waals surface area contributed by atoms with Crippen LogP contribution in [0.3, 0.4) is 0 Å². The zero-order valence-corrected chi connectivity index (χ0v) is 18.3. The molecule has 0 spiro atoms. The van der Waals surface area contributed by atoms with Crippen molar-refractivity contribution < 1.29 is 14.3 Å². The number of rotatable bonds is 6. The number of hydrogen-bond donors (Lipinski definition) is 1. The highest BCUT2D eigenvalue weighted by Crippen LogP contribution is 2.41. The Morgan fingerprint density at radius 1 is 1.34 bits per heavy atom. The number of halogens is 1. The molecule has 1 atom stereocenters. The van der Waals surface area contributed by atoms with Crippen molar-refractivity contribution in [3.63, 3.8) is 0 Å². The van der Waals surface area contributed by atoms with Gasteiger partial charge in [0.25, 0.3) is 0 Å². The maximum Gasteiger partial charge on any atom is 0.226 e. The summed E-state index contributed by atoms with van der Waals surface area (Å²) in [5, 5.41) is 6.32. The Morgan fingerprint density at radius 3 is 2.86 bits per heavy atom. The van der Waals surface area contributed by atoms with E-state index in [0.29, 0.717) is 23.7 Å². The van der Waals surface area contributed by atoms with Gasteiger partial charge in [0.1, 0.15) is 11.9 Å². The van der Waals surface area contributed by atoms with Crippen molar-refractivity contribution in [2.24, 2.45) is 0 Å². The second kappa shape index (κ2) is 8.26. The number of Topliss-reactive ketones (excluding diaryl/α,β-unsaturated/α-hetero) is 1. The first-order valence-corrected chi connectivity index (χ1v) is 11.2. The first kappa shape index (κ1) is 20.1. The number of aryl methyl sites for hydroxylation is 1. The summed E-state index contributed by atoms with van der Waals surface area (Å²) in [6.07, 6.45) is 0.783. The highest BCUT2D eigenvalue weighted by molar-refractivity contribution is 7.17. The van der Waals surface area contributed by atoms with Crippen molar-refractivity contribution >= 4 is 46.0 Å². The van der Waals surface area contributed by atoms with Crippen LogP contribution in [0.25, 0.3) is 10.4 Å². The van der Waals surface area contributed by atoms with Gasteiger partial charge in [-0.1, -0.05) is 11.6 Å². The van der Waals surface area contributed by atoms with Gasteiger partial charge in [0.05, 0.1) is 33.6 Å². The molecular formula is C21H19ClN2O3S2. The summed E-state index contributed by atoms with van der Waals surface area (Å²) in [5.41, 5.74) is 2.77. The van der Waals surface area contributed by atoms with Crippen LogP contribution in [0.4, 0.5) is 0 Å². The monoisotopic (exact) mass is 446 g/mol. The molecule has 2 aromatic heterocycles. The Balaban J connectivity index is 1.40. The summed E-state index contributed by atoms with van der Waals surface area (Å²) in [6.45, 7) is 3.90. The molecule has 1 N–H and O–H groups in total. The molecule has 0 bridgehead atoms. The number of fused-ring (bicyclic) bond motifs is 1. The fraction of sp³-hybridized carbons (Fsp3) is 0.286. The summed E-state index contributed by atoms with van der Waals surface area (Å²) < 4.78 is 5.97. The number of benzene rings is 1. The number of ether oxygens (including phenoxy) is 1. The Labute approximate surface area is 181 Å². The van der Waals surface area contributed by atoms with Crippen LogP contribution in [-0.4, -0.2) is 29.3 Å². The molecule has 8 heteroatoms. The van der Waals surface area contributed by atoms with Gasteiger partial charge in [-0.05, 0) is 43.7 Å². The van der Waals surface area contributed by atoms with Crippen LogP contribution in [0.15, 0.2) is 29.6 Å². The molecule has 1 aliphatic heterocycles. The fourth-order valence-corrected chi connectivity index (χ4v) is 5.05. The van der Waals surface area contributed by atoms with Crippen LogP contribution in [0, 0.1) is 6.92 Å². The van der Waals surface area contributed by atoms with Gasteiger partial charge in [-0.3, -0.25) is 9.59 Å². The minimum atomic E-state index is -0.157. The van der Waals surface area contributed by atoms with E-state index >= 15 is 0 Å². The van der Waals surface area contributed by atoms with Gasteiger partial charge in [-0.25, -0.2) is 4.98 Å². The molecule has 150 valence electrons. The van der Waals surface area contributed by atoms with Crippen molar-refractivity contribution in [3.05, 3.63) is 55.8 Å². The lowest BCUT2D eigenvalue weighted by atomic mass is 10.1. The van der Waals surface area contributed by atoms with E-state index in [4.69, 9.17) is 16.3 Å². The number of hydrogen-bond acceptors (Lipinski definition) is 6.